The van der Waals surface area contributed by atoms with Gasteiger partial charge in [-0.25, -0.2) is 0 Å². The van der Waals surface area contributed by atoms with Crippen molar-refractivity contribution >= 4 is 60.2 Å². The highest BCUT2D eigenvalue weighted by molar-refractivity contribution is 6.26. The van der Waals surface area contributed by atoms with E-state index >= 15 is 0 Å². The summed E-state index contributed by atoms with van der Waals surface area (Å²) in [6.45, 7) is 2.22. The lowest BCUT2D eigenvalue weighted by Crippen LogP contribution is -2.15. The van der Waals surface area contributed by atoms with Crippen LogP contribution >= 0.6 is 0 Å². The highest BCUT2D eigenvalue weighted by Gasteiger charge is 2.28. The molecule has 2 heterocycles. The number of anilines is 3. The standard InChI is InChI=1S/C35H24N2/c1-2-22-12-13-23-14-15-27-28-16-17-36-35-31-19-24-8-6-7-9-25(24)20-32(31)37(26-10-4-3-5-11-26)33(34(28)35)21-30(27)29(23)18-22/h3-21H,2H2,1H3. The molecule has 1 aromatic heterocycles. The van der Waals surface area contributed by atoms with E-state index in [1.165, 1.54) is 65.6 Å². The molecule has 0 unspecified atom stereocenters. The molecule has 0 radical (unpaired) electrons. The predicted octanol–water partition coefficient (Wildman–Crippen LogP) is 9.71. The van der Waals surface area contributed by atoms with Crippen LogP contribution in [-0.4, -0.2) is 4.98 Å². The zero-order valence-electron chi connectivity index (χ0n) is 20.6. The second-order valence-electron chi connectivity index (χ2n) is 9.94. The Balaban J connectivity index is 1.58. The zero-order valence-corrected chi connectivity index (χ0v) is 20.6. The number of aryl methyl sites for hydroxylation is 1. The molecule has 8 rings (SSSR count). The third-order valence-electron chi connectivity index (χ3n) is 7.93. The molecule has 1 aliphatic rings. The van der Waals surface area contributed by atoms with Gasteiger partial charge in [-0.2, -0.15) is 0 Å². The van der Waals surface area contributed by atoms with Gasteiger partial charge >= 0.3 is 0 Å². The van der Waals surface area contributed by atoms with Crippen LogP contribution in [0.5, 0.6) is 0 Å². The van der Waals surface area contributed by atoms with E-state index in [0.717, 1.165) is 17.8 Å². The lowest BCUT2D eigenvalue weighted by molar-refractivity contribution is 1.15. The second kappa shape index (κ2) is 7.65. The van der Waals surface area contributed by atoms with Crippen LogP contribution in [0.1, 0.15) is 12.5 Å². The summed E-state index contributed by atoms with van der Waals surface area (Å²) < 4.78 is 0. The highest BCUT2D eigenvalue weighted by Crippen LogP contribution is 2.53. The molecule has 0 spiro atoms. The van der Waals surface area contributed by atoms with Gasteiger partial charge in [0.15, 0.2) is 0 Å². The molecule has 0 saturated carbocycles. The van der Waals surface area contributed by atoms with Crippen LogP contribution in [0, 0.1) is 0 Å². The van der Waals surface area contributed by atoms with E-state index in [0.29, 0.717) is 0 Å². The molecule has 0 aliphatic carbocycles. The topological polar surface area (TPSA) is 16.1 Å². The van der Waals surface area contributed by atoms with Gasteiger partial charge in [0.05, 0.1) is 17.1 Å². The van der Waals surface area contributed by atoms with Crippen LogP contribution in [0.4, 0.5) is 17.1 Å². The lowest BCUT2D eigenvalue weighted by atomic mass is 9.89. The number of aromatic nitrogens is 1. The Labute approximate surface area is 215 Å². The number of rotatable bonds is 2. The maximum atomic E-state index is 4.98. The van der Waals surface area contributed by atoms with Gasteiger partial charge in [0.2, 0.25) is 0 Å². The molecule has 0 bridgehead atoms. The Bertz CT molecular complexity index is 2020. The summed E-state index contributed by atoms with van der Waals surface area (Å²) in [5.74, 6) is 0. The molecule has 7 aromatic rings. The zero-order chi connectivity index (χ0) is 24.5. The molecule has 6 aromatic carbocycles. The largest absolute Gasteiger partial charge is 0.309 e. The third kappa shape index (κ3) is 2.90. The summed E-state index contributed by atoms with van der Waals surface area (Å²) in [5, 5.41) is 10.1. The number of fused-ring (bicyclic) bond motifs is 7. The van der Waals surface area contributed by atoms with Gasteiger partial charge in [0, 0.05) is 22.8 Å². The minimum absolute atomic E-state index is 1.03. The fourth-order valence-electron chi connectivity index (χ4n) is 6.12. The molecule has 2 nitrogen and oxygen atoms in total. The van der Waals surface area contributed by atoms with Crippen LogP contribution in [0.25, 0.3) is 54.3 Å². The molecular weight excluding hydrogens is 448 g/mol. The second-order valence-corrected chi connectivity index (χ2v) is 9.94. The van der Waals surface area contributed by atoms with Gasteiger partial charge in [-0.05, 0) is 86.1 Å². The van der Waals surface area contributed by atoms with E-state index in [1.54, 1.807) is 0 Å². The summed E-state index contributed by atoms with van der Waals surface area (Å²) in [6, 6.07) is 40.0. The van der Waals surface area contributed by atoms with Gasteiger partial charge in [-0.3, -0.25) is 4.98 Å². The van der Waals surface area contributed by atoms with Crippen LogP contribution in [-0.2, 0) is 6.42 Å². The molecule has 0 amide bonds. The van der Waals surface area contributed by atoms with E-state index in [1.807, 2.05) is 6.20 Å². The van der Waals surface area contributed by atoms with E-state index in [9.17, 15) is 0 Å². The summed E-state index contributed by atoms with van der Waals surface area (Å²) in [5.41, 5.74) is 7.11. The van der Waals surface area contributed by atoms with Gasteiger partial charge in [0.1, 0.15) is 0 Å². The molecule has 174 valence electrons. The first-order valence-electron chi connectivity index (χ1n) is 13.0. The number of benzene rings is 6. The van der Waals surface area contributed by atoms with Crippen LogP contribution in [0.15, 0.2) is 115 Å². The van der Waals surface area contributed by atoms with E-state index < -0.39 is 0 Å². The van der Waals surface area contributed by atoms with E-state index in [2.05, 4.69) is 121 Å². The Kier molecular flexibility index (Phi) is 4.24. The molecule has 0 saturated heterocycles. The first-order valence-corrected chi connectivity index (χ1v) is 13.0. The van der Waals surface area contributed by atoms with Crippen molar-refractivity contribution in [2.24, 2.45) is 0 Å². The Morgan fingerprint density at radius 3 is 2.22 bits per heavy atom. The quantitative estimate of drug-likeness (QED) is 0.233. The number of para-hydroxylation sites is 1. The van der Waals surface area contributed by atoms with Crippen molar-refractivity contribution < 1.29 is 0 Å². The van der Waals surface area contributed by atoms with Crippen LogP contribution in [0.2, 0.25) is 0 Å². The first-order chi connectivity index (χ1) is 18.3. The number of pyridine rings is 1. The molecule has 0 fully saturated rings. The SMILES string of the molecule is CCc1ccc2ccc3c4ccnc5c4c(cc3c2c1)N(c1ccccc1)c1cc2ccccc2cc1-5. The van der Waals surface area contributed by atoms with Crippen LogP contribution < -0.4 is 4.90 Å². The number of hydrogen-bond donors (Lipinski definition) is 0. The van der Waals surface area contributed by atoms with Crippen molar-refractivity contribution in [2.45, 2.75) is 13.3 Å². The van der Waals surface area contributed by atoms with Crippen molar-refractivity contribution in [3.8, 4) is 11.3 Å². The van der Waals surface area contributed by atoms with Crippen molar-refractivity contribution in [3.63, 3.8) is 0 Å². The van der Waals surface area contributed by atoms with Gasteiger partial charge in [0.25, 0.3) is 0 Å². The Morgan fingerprint density at radius 1 is 0.595 bits per heavy atom. The number of hydrogen-bond acceptors (Lipinski definition) is 2. The third-order valence-corrected chi connectivity index (χ3v) is 7.93. The lowest BCUT2D eigenvalue weighted by Gasteiger charge is -2.34. The Hall–Kier alpha value is -4.69. The van der Waals surface area contributed by atoms with E-state index in [-0.39, 0.29) is 0 Å². The minimum Gasteiger partial charge on any atom is -0.309 e. The molecule has 1 aliphatic heterocycles. The maximum absolute atomic E-state index is 4.98. The monoisotopic (exact) mass is 472 g/mol. The highest BCUT2D eigenvalue weighted by atomic mass is 15.2. The van der Waals surface area contributed by atoms with E-state index in [4.69, 9.17) is 4.98 Å². The summed E-state index contributed by atoms with van der Waals surface area (Å²) in [7, 11) is 0. The van der Waals surface area contributed by atoms with Gasteiger partial charge in [-0.15, -0.1) is 0 Å². The number of nitrogens with zero attached hydrogens (tertiary/aromatic N) is 2. The smallest absolute Gasteiger partial charge is 0.0822 e. The fourth-order valence-corrected chi connectivity index (χ4v) is 6.12. The maximum Gasteiger partial charge on any atom is 0.0822 e. The van der Waals surface area contributed by atoms with Crippen molar-refractivity contribution in [2.75, 3.05) is 4.90 Å². The molecule has 37 heavy (non-hydrogen) atoms. The molecule has 2 heteroatoms. The van der Waals surface area contributed by atoms with Crippen molar-refractivity contribution in [1.29, 1.82) is 0 Å². The minimum atomic E-state index is 1.03. The Morgan fingerprint density at radius 2 is 1.38 bits per heavy atom. The van der Waals surface area contributed by atoms with Gasteiger partial charge < -0.3 is 4.90 Å². The summed E-state index contributed by atoms with van der Waals surface area (Å²) in [6.07, 6.45) is 3.00. The van der Waals surface area contributed by atoms with Crippen molar-refractivity contribution in [1.82, 2.24) is 4.98 Å². The van der Waals surface area contributed by atoms with Crippen molar-refractivity contribution in [3.05, 3.63) is 121 Å². The molecule has 0 atom stereocenters. The average Bonchev–Trinajstić information content (AvgIpc) is 2.96. The predicted molar refractivity (Wildman–Crippen MR) is 157 cm³/mol. The molecular formula is C35H24N2. The normalized spacial score (nSPS) is 12.5. The summed E-state index contributed by atoms with van der Waals surface area (Å²) in [4.78, 5) is 7.41. The van der Waals surface area contributed by atoms with Crippen LogP contribution in [0.3, 0.4) is 0 Å². The summed E-state index contributed by atoms with van der Waals surface area (Å²) >= 11 is 0. The molecule has 0 N–H and O–H groups in total. The average molecular weight is 473 g/mol. The first kappa shape index (κ1) is 20.5. The van der Waals surface area contributed by atoms with Gasteiger partial charge in [-0.1, -0.05) is 79.7 Å². The fraction of sp³-hybridized carbons (Fsp3) is 0.0571.